The van der Waals surface area contributed by atoms with Gasteiger partial charge in [0.1, 0.15) is 12.4 Å². The van der Waals surface area contributed by atoms with Gasteiger partial charge in [0.2, 0.25) is 0 Å². The molecule has 0 fully saturated rings. The Kier molecular flexibility index (Phi) is 7.49. The minimum atomic E-state index is -1.83. The van der Waals surface area contributed by atoms with E-state index in [1.54, 1.807) is 24.3 Å². The molecule has 1 rings (SSSR count). The van der Waals surface area contributed by atoms with Crippen molar-refractivity contribution >= 4 is 12.3 Å². The normalized spacial score (nSPS) is 8.24. The maximum Gasteiger partial charge on any atom is 0.514 e. The molecule has 1 aromatic rings. The van der Waals surface area contributed by atoms with Gasteiger partial charge in [-0.15, -0.1) is 0 Å². The highest BCUT2D eigenvalue weighted by Crippen LogP contribution is 2.08. The van der Waals surface area contributed by atoms with E-state index in [1.807, 2.05) is 6.07 Å². The van der Waals surface area contributed by atoms with Crippen LogP contribution in [0.5, 0.6) is 5.75 Å². The van der Waals surface area contributed by atoms with Crippen molar-refractivity contribution in [1.82, 2.24) is 0 Å². The first kappa shape index (κ1) is 14.5. The number of benzene rings is 1. The van der Waals surface area contributed by atoms with Crippen LogP contribution in [-0.2, 0) is 4.74 Å². The number of carbonyl (C=O) groups excluding carboxylic acids is 1. The van der Waals surface area contributed by atoms with Crippen LogP contribution in [-0.4, -0.2) is 29.1 Å². The fraction of sp³-hybridized carbons (Fsp3) is 0.0909. The topological polar surface area (TPSA) is 93.1 Å². The van der Waals surface area contributed by atoms with E-state index in [9.17, 15) is 4.79 Å². The van der Waals surface area contributed by atoms with Gasteiger partial charge in [-0.25, -0.2) is 9.59 Å². The minimum Gasteiger partial charge on any atom is -0.450 e. The molecule has 6 heteroatoms. The van der Waals surface area contributed by atoms with Gasteiger partial charge >= 0.3 is 12.3 Å². The number of carbonyl (C=O) groups is 2. The van der Waals surface area contributed by atoms with E-state index in [2.05, 4.69) is 11.3 Å². The largest absolute Gasteiger partial charge is 0.514 e. The van der Waals surface area contributed by atoms with Crippen LogP contribution in [0, 0.1) is 0 Å². The lowest BCUT2D eigenvalue weighted by molar-refractivity contribution is 0.109. The van der Waals surface area contributed by atoms with Gasteiger partial charge in [0.25, 0.3) is 0 Å². The third-order valence-electron chi connectivity index (χ3n) is 1.26. The van der Waals surface area contributed by atoms with Gasteiger partial charge in [-0.2, -0.15) is 0 Å². The van der Waals surface area contributed by atoms with Crippen LogP contribution in [0.1, 0.15) is 0 Å². The fourth-order valence-electron chi connectivity index (χ4n) is 0.741. The predicted octanol–water partition coefficient (Wildman–Crippen LogP) is 2.61. The summed E-state index contributed by atoms with van der Waals surface area (Å²) in [5.41, 5.74) is 0. The molecule has 0 aliphatic rings. The summed E-state index contributed by atoms with van der Waals surface area (Å²) in [6.07, 6.45) is -1.07. The molecule has 2 N–H and O–H groups in total. The average molecular weight is 240 g/mol. The molecule has 0 aliphatic carbocycles. The quantitative estimate of drug-likeness (QED) is 0.479. The van der Waals surface area contributed by atoms with Gasteiger partial charge < -0.3 is 19.7 Å². The monoisotopic (exact) mass is 240 g/mol. The van der Waals surface area contributed by atoms with Crippen LogP contribution in [0.25, 0.3) is 0 Å². The molecular formula is C11H12O6. The molecule has 0 amide bonds. The predicted molar refractivity (Wildman–Crippen MR) is 59.3 cm³/mol. The molecule has 17 heavy (non-hydrogen) atoms. The maximum atomic E-state index is 10.9. The van der Waals surface area contributed by atoms with Gasteiger partial charge in [-0.1, -0.05) is 30.9 Å². The van der Waals surface area contributed by atoms with Crippen LogP contribution >= 0.6 is 0 Å². The molecule has 1 aromatic carbocycles. The number of rotatable bonds is 3. The van der Waals surface area contributed by atoms with Crippen molar-refractivity contribution in [1.29, 1.82) is 0 Å². The fourth-order valence-corrected chi connectivity index (χ4v) is 0.741. The Morgan fingerprint density at radius 2 is 1.76 bits per heavy atom. The third kappa shape index (κ3) is 9.80. The Labute approximate surface area is 97.7 Å². The third-order valence-corrected chi connectivity index (χ3v) is 1.26. The zero-order chi connectivity index (χ0) is 13.1. The molecule has 0 radical (unpaired) electrons. The van der Waals surface area contributed by atoms with Crippen molar-refractivity contribution in [2.75, 3.05) is 6.61 Å². The molecule has 0 bridgehead atoms. The molecule has 0 saturated heterocycles. The lowest BCUT2D eigenvalue weighted by Crippen LogP contribution is -2.10. The summed E-state index contributed by atoms with van der Waals surface area (Å²) in [6.45, 7) is 3.57. The highest BCUT2D eigenvalue weighted by molar-refractivity contribution is 5.63. The minimum absolute atomic E-state index is 0.158. The SMILES string of the molecule is C=CCOC(=O)Oc1ccccc1.O=C(O)O. The van der Waals surface area contributed by atoms with Crippen LogP contribution < -0.4 is 4.74 Å². The second-order valence-corrected chi connectivity index (χ2v) is 2.55. The zero-order valence-electron chi connectivity index (χ0n) is 8.91. The van der Waals surface area contributed by atoms with Crippen molar-refractivity contribution < 1.29 is 29.3 Å². The number of hydrogen-bond donors (Lipinski definition) is 2. The van der Waals surface area contributed by atoms with Gasteiger partial charge in [0, 0.05) is 0 Å². The first-order valence-corrected chi connectivity index (χ1v) is 4.48. The molecule has 0 aliphatic heterocycles. The summed E-state index contributed by atoms with van der Waals surface area (Å²) in [5.74, 6) is 0.469. The van der Waals surface area contributed by atoms with Crippen LogP contribution in [0.3, 0.4) is 0 Å². The lowest BCUT2D eigenvalue weighted by atomic mass is 10.3. The highest BCUT2D eigenvalue weighted by Gasteiger charge is 2.02. The maximum absolute atomic E-state index is 10.9. The van der Waals surface area contributed by atoms with Gasteiger partial charge in [-0.3, -0.25) is 0 Å². The summed E-state index contributed by atoms with van der Waals surface area (Å²) < 4.78 is 9.42. The van der Waals surface area contributed by atoms with Crippen LogP contribution in [0.4, 0.5) is 9.59 Å². The average Bonchev–Trinajstić information content (AvgIpc) is 2.27. The van der Waals surface area contributed by atoms with Crippen molar-refractivity contribution in [2.24, 2.45) is 0 Å². The standard InChI is InChI=1S/C10H10O3.CH2O3/c1-2-8-12-10(11)13-9-6-4-3-5-7-9;2-1(3)4/h2-7H,1,8H2;(H2,2,3,4). The van der Waals surface area contributed by atoms with Gasteiger partial charge in [-0.05, 0) is 12.1 Å². The number of ether oxygens (including phenoxy) is 2. The van der Waals surface area contributed by atoms with Crippen molar-refractivity contribution in [3.8, 4) is 5.75 Å². The molecule has 92 valence electrons. The van der Waals surface area contributed by atoms with E-state index in [4.69, 9.17) is 19.7 Å². The molecule has 0 spiro atoms. The number of carboxylic acid groups (broad SMARTS) is 2. The zero-order valence-corrected chi connectivity index (χ0v) is 8.91. The lowest BCUT2D eigenvalue weighted by Gasteiger charge is -2.02. The first-order valence-electron chi connectivity index (χ1n) is 4.48. The second kappa shape index (κ2) is 8.78. The number of para-hydroxylation sites is 1. The van der Waals surface area contributed by atoms with Crippen molar-refractivity contribution in [2.45, 2.75) is 0 Å². The highest BCUT2D eigenvalue weighted by atomic mass is 16.7. The summed E-state index contributed by atoms with van der Waals surface area (Å²) in [6, 6.07) is 8.73. The summed E-state index contributed by atoms with van der Waals surface area (Å²) in [5, 5.41) is 13.9. The van der Waals surface area contributed by atoms with E-state index in [-0.39, 0.29) is 6.61 Å². The first-order chi connectivity index (χ1) is 8.06. The Hall–Kier alpha value is -2.50. The molecule has 0 aromatic heterocycles. The van der Waals surface area contributed by atoms with Crippen molar-refractivity contribution in [3.63, 3.8) is 0 Å². The Bertz CT molecular complexity index is 355. The Morgan fingerprint density at radius 1 is 1.24 bits per heavy atom. The second-order valence-electron chi connectivity index (χ2n) is 2.55. The smallest absolute Gasteiger partial charge is 0.450 e. The van der Waals surface area contributed by atoms with E-state index >= 15 is 0 Å². The van der Waals surface area contributed by atoms with Crippen molar-refractivity contribution in [3.05, 3.63) is 43.0 Å². The molecule has 0 saturated carbocycles. The molecule has 0 heterocycles. The number of hydrogen-bond acceptors (Lipinski definition) is 4. The van der Waals surface area contributed by atoms with E-state index < -0.39 is 12.3 Å². The van der Waals surface area contributed by atoms with E-state index in [0.717, 1.165) is 0 Å². The molecular weight excluding hydrogens is 228 g/mol. The van der Waals surface area contributed by atoms with Crippen LogP contribution in [0.2, 0.25) is 0 Å². The summed E-state index contributed by atoms with van der Waals surface area (Å²) in [7, 11) is 0. The molecule has 6 nitrogen and oxygen atoms in total. The summed E-state index contributed by atoms with van der Waals surface area (Å²) in [4.78, 5) is 19.4. The van der Waals surface area contributed by atoms with E-state index in [0.29, 0.717) is 5.75 Å². The Morgan fingerprint density at radius 3 is 2.24 bits per heavy atom. The summed E-state index contributed by atoms with van der Waals surface area (Å²) >= 11 is 0. The molecule has 0 unspecified atom stereocenters. The van der Waals surface area contributed by atoms with Crippen LogP contribution in [0.15, 0.2) is 43.0 Å². The van der Waals surface area contributed by atoms with E-state index in [1.165, 1.54) is 6.08 Å². The van der Waals surface area contributed by atoms with Gasteiger partial charge in [0.05, 0.1) is 0 Å². The van der Waals surface area contributed by atoms with Gasteiger partial charge in [0.15, 0.2) is 0 Å². The molecule has 0 atom stereocenters. The Balaban J connectivity index is 0.000000557.